The third-order valence-electron chi connectivity index (χ3n) is 5.59. The van der Waals surface area contributed by atoms with Crippen LogP contribution < -0.4 is 16.0 Å². The Balaban J connectivity index is 1.50. The maximum absolute atomic E-state index is 14.4. The van der Waals surface area contributed by atoms with Gasteiger partial charge < -0.3 is 20.2 Å². The molecule has 192 valence electrons. The van der Waals surface area contributed by atoms with E-state index in [4.69, 9.17) is 16.0 Å². The smallest absolute Gasteiger partial charge is 0.335 e. The highest BCUT2D eigenvalue weighted by atomic mass is 35.5. The molecule has 0 radical (unpaired) electrons. The number of carbonyl (C=O) groups excluding carboxylic acids is 1. The van der Waals surface area contributed by atoms with Crippen LogP contribution in [-0.4, -0.2) is 32.9 Å². The van der Waals surface area contributed by atoms with Crippen molar-refractivity contribution in [1.29, 1.82) is 0 Å². The Bertz CT molecular complexity index is 1670. The van der Waals surface area contributed by atoms with Gasteiger partial charge in [0.2, 0.25) is 5.96 Å². The fourth-order valence-electron chi connectivity index (χ4n) is 3.86. The second-order valence-corrected chi connectivity index (χ2v) is 8.51. The van der Waals surface area contributed by atoms with Gasteiger partial charge in [-0.3, -0.25) is 10.1 Å². The first kappa shape index (κ1) is 24.8. The molecule has 2 aromatic heterocycles. The summed E-state index contributed by atoms with van der Waals surface area (Å²) in [6.07, 6.45) is 1.24. The Morgan fingerprint density at radius 1 is 1.16 bits per heavy atom. The largest absolute Gasteiger partial charge is 0.478 e. The molecule has 0 bridgehead atoms. The van der Waals surface area contributed by atoms with Crippen LogP contribution in [0.15, 0.2) is 75.4 Å². The first-order valence-corrected chi connectivity index (χ1v) is 11.4. The Kier molecular flexibility index (Phi) is 6.47. The van der Waals surface area contributed by atoms with E-state index in [1.165, 1.54) is 54.7 Å². The maximum atomic E-state index is 14.4. The molecule has 1 aliphatic rings. The second-order valence-electron chi connectivity index (χ2n) is 8.13. The van der Waals surface area contributed by atoms with Crippen molar-refractivity contribution in [2.24, 2.45) is 4.99 Å². The number of hydrogen-bond acceptors (Lipinski definition) is 8. The van der Waals surface area contributed by atoms with E-state index in [0.29, 0.717) is 11.2 Å². The fraction of sp³-hybridized carbons (Fsp3) is 0.0800. The standard InChI is InChI=1S/C25H17ClF2N6O4/c1-11-19(22(35)32-18-9-12(23(36)37)7-8-29-18)21(14-3-2-4-15(28)20(14)26)33-24(30-11)34-25-31-16-6-5-13(27)10-17(16)38-25/h2-10,21H,1H3,(H,36,37)(H,29,32,35)(H2,30,31,33,34). The van der Waals surface area contributed by atoms with Gasteiger partial charge in [-0.05, 0) is 37.3 Å². The summed E-state index contributed by atoms with van der Waals surface area (Å²) in [6.45, 7) is 1.59. The summed E-state index contributed by atoms with van der Waals surface area (Å²) >= 11 is 6.25. The molecule has 5 rings (SSSR count). The quantitative estimate of drug-likeness (QED) is 0.282. The molecule has 0 saturated carbocycles. The first-order valence-electron chi connectivity index (χ1n) is 11.0. The van der Waals surface area contributed by atoms with E-state index in [2.05, 4.69) is 30.9 Å². The molecule has 1 unspecified atom stereocenters. The number of aromatic carboxylic acids is 1. The average molecular weight is 539 g/mol. The summed E-state index contributed by atoms with van der Waals surface area (Å²) in [5, 5.41) is 17.3. The molecule has 1 aliphatic heterocycles. The van der Waals surface area contributed by atoms with Crippen LogP contribution in [0, 0.1) is 11.6 Å². The Morgan fingerprint density at radius 2 is 1.97 bits per heavy atom. The number of allylic oxidation sites excluding steroid dienone is 1. The number of rotatable bonds is 5. The van der Waals surface area contributed by atoms with E-state index in [9.17, 15) is 23.5 Å². The number of aliphatic imine (C=N–C) groups is 1. The van der Waals surface area contributed by atoms with Crippen molar-refractivity contribution in [3.63, 3.8) is 0 Å². The summed E-state index contributed by atoms with van der Waals surface area (Å²) in [7, 11) is 0. The molecular formula is C25H17ClF2N6O4. The third-order valence-corrected chi connectivity index (χ3v) is 5.99. The van der Waals surface area contributed by atoms with Crippen LogP contribution in [-0.2, 0) is 4.79 Å². The number of carboxylic acid groups (broad SMARTS) is 1. The number of carbonyl (C=O) groups is 2. The number of pyridine rings is 1. The molecule has 0 aliphatic carbocycles. The lowest BCUT2D eigenvalue weighted by Gasteiger charge is -2.27. The van der Waals surface area contributed by atoms with Crippen LogP contribution in [0.25, 0.3) is 11.1 Å². The lowest BCUT2D eigenvalue weighted by atomic mass is 9.95. The number of hydrogen-bond donors (Lipinski definition) is 4. The number of carboxylic acids is 1. The minimum Gasteiger partial charge on any atom is -0.478 e. The number of anilines is 2. The lowest BCUT2D eigenvalue weighted by molar-refractivity contribution is -0.113. The van der Waals surface area contributed by atoms with E-state index >= 15 is 0 Å². The molecule has 4 aromatic rings. The highest BCUT2D eigenvalue weighted by molar-refractivity contribution is 6.31. The van der Waals surface area contributed by atoms with Crippen LogP contribution in [0.5, 0.6) is 0 Å². The van der Waals surface area contributed by atoms with Gasteiger partial charge in [0.05, 0.1) is 16.2 Å². The summed E-state index contributed by atoms with van der Waals surface area (Å²) in [5.41, 5.74) is 1.13. The first-order chi connectivity index (χ1) is 18.2. The Morgan fingerprint density at radius 3 is 2.76 bits per heavy atom. The lowest BCUT2D eigenvalue weighted by Crippen LogP contribution is -2.37. The topological polar surface area (TPSA) is 142 Å². The number of nitrogens with one attached hydrogen (secondary N) is 3. The number of nitrogens with zero attached hydrogens (tertiary/aromatic N) is 3. The van der Waals surface area contributed by atoms with Gasteiger partial charge >= 0.3 is 12.0 Å². The molecule has 0 spiro atoms. The number of fused-ring (bicyclic) bond motifs is 1. The predicted molar refractivity (Wildman–Crippen MR) is 135 cm³/mol. The minimum absolute atomic E-state index is 0.00340. The van der Waals surface area contributed by atoms with Crippen LogP contribution >= 0.6 is 11.6 Å². The maximum Gasteiger partial charge on any atom is 0.335 e. The number of oxazole rings is 1. The van der Waals surface area contributed by atoms with Gasteiger partial charge in [0.15, 0.2) is 5.58 Å². The van der Waals surface area contributed by atoms with Gasteiger partial charge in [-0.2, -0.15) is 4.98 Å². The van der Waals surface area contributed by atoms with E-state index in [-0.39, 0.29) is 45.1 Å². The van der Waals surface area contributed by atoms with Gasteiger partial charge in [0, 0.05) is 23.5 Å². The van der Waals surface area contributed by atoms with E-state index < -0.39 is 29.6 Å². The van der Waals surface area contributed by atoms with Crippen molar-refractivity contribution in [2.45, 2.75) is 13.0 Å². The molecule has 3 heterocycles. The molecule has 1 atom stereocenters. The molecule has 2 aromatic carbocycles. The molecule has 0 saturated heterocycles. The number of halogens is 3. The molecule has 0 fully saturated rings. The summed E-state index contributed by atoms with van der Waals surface area (Å²) < 4.78 is 33.4. The zero-order valence-corrected chi connectivity index (χ0v) is 20.2. The van der Waals surface area contributed by atoms with Crippen molar-refractivity contribution in [3.8, 4) is 0 Å². The van der Waals surface area contributed by atoms with Gasteiger partial charge in [-0.1, -0.05) is 23.7 Å². The van der Waals surface area contributed by atoms with Gasteiger partial charge in [-0.15, -0.1) is 0 Å². The SMILES string of the molecule is CC1=C(C(=O)Nc2cc(C(=O)O)ccn2)C(c2cccc(F)c2Cl)N=C(Nc2nc3ccc(F)cc3o2)N1. The Labute approximate surface area is 218 Å². The van der Waals surface area contributed by atoms with E-state index in [1.807, 2.05) is 0 Å². The van der Waals surface area contributed by atoms with E-state index in [1.54, 1.807) is 6.92 Å². The number of benzene rings is 2. The third kappa shape index (κ3) is 4.89. The molecule has 38 heavy (non-hydrogen) atoms. The van der Waals surface area contributed by atoms with Gasteiger partial charge in [0.1, 0.15) is 29.0 Å². The summed E-state index contributed by atoms with van der Waals surface area (Å²) in [4.78, 5) is 37.4. The van der Waals surface area contributed by atoms with Crippen molar-refractivity contribution < 1.29 is 27.9 Å². The molecule has 1 amide bonds. The zero-order valence-electron chi connectivity index (χ0n) is 19.4. The Hall–Kier alpha value is -4.84. The fourth-order valence-corrected chi connectivity index (χ4v) is 4.09. The highest BCUT2D eigenvalue weighted by Crippen LogP contribution is 2.36. The number of aromatic nitrogens is 2. The summed E-state index contributed by atoms with van der Waals surface area (Å²) in [5.74, 6) is -2.97. The number of guanidine groups is 1. The molecular weight excluding hydrogens is 522 g/mol. The monoisotopic (exact) mass is 538 g/mol. The average Bonchev–Trinajstić information content (AvgIpc) is 3.26. The van der Waals surface area contributed by atoms with Crippen LogP contribution in [0.3, 0.4) is 0 Å². The molecule has 10 nitrogen and oxygen atoms in total. The second kappa shape index (κ2) is 9.90. The number of amides is 1. The van der Waals surface area contributed by atoms with Crippen molar-refractivity contribution in [1.82, 2.24) is 15.3 Å². The van der Waals surface area contributed by atoms with Crippen molar-refractivity contribution in [2.75, 3.05) is 10.6 Å². The van der Waals surface area contributed by atoms with Crippen LogP contribution in [0.2, 0.25) is 5.02 Å². The zero-order chi connectivity index (χ0) is 27.0. The van der Waals surface area contributed by atoms with Crippen molar-refractivity contribution in [3.05, 3.63) is 93.8 Å². The highest BCUT2D eigenvalue weighted by Gasteiger charge is 2.32. The van der Waals surface area contributed by atoms with Crippen LogP contribution in [0.1, 0.15) is 28.9 Å². The van der Waals surface area contributed by atoms with Gasteiger partial charge in [0.25, 0.3) is 5.91 Å². The van der Waals surface area contributed by atoms with Gasteiger partial charge in [-0.25, -0.2) is 23.6 Å². The molecule has 13 heteroatoms. The van der Waals surface area contributed by atoms with Crippen LogP contribution in [0.4, 0.5) is 20.6 Å². The molecule has 4 N–H and O–H groups in total. The predicted octanol–water partition coefficient (Wildman–Crippen LogP) is 4.88. The van der Waals surface area contributed by atoms with Crippen molar-refractivity contribution >= 4 is 52.4 Å². The van der Waals surface area contributed by atoms with E-state index in [0.717, 1.165) is 0 Å². The minimum atomic E-state index is -1.19. The summed E-state index contributed by atoms with van der Waals surface area (Å²) in [6, 6.07) is 9.38. The normalized spacial score (nSPS) is 15.2.